The van der Waals surface area contributed by atoms with Gasteiger partial charge in [-0.05, 0) is 29.3 Å². The predicted molar refractivity (Wildman–Crippen MR) is 106 cm³/mol. The van der Waals surface area contributed by atoms with Gasteiger partial charge in [0.05, 0.1) is 31.6 Å². The number of morpholine rings is 1. The Morgan fingerprint density at radius 2 is 1.89 bits per heavy atom. The summed E-state index contributed by atoms with van der Waals surface area (Å²) in [6.45, 7) is 7.30. The summed E-state index contributed by atoms with van der Waals surface area (Å²) in [6, 6.07) is 11.9. The smallest absolute Gasteiger partial charge is 0.256 e. The fourth-order valence-corrected chi connectivity index (χ4v) is 3.47. The van der Waals surface area contributed by atoms with Gasteiger partial charge in [0.2, 0.25) is 0 Å². The standard InChI is InChI=1S/C21H24N4O2/c1-16-6-7-20(19-5-3-2-4-18(16)19)21(26)23-17-14-22-25(15-17)9-8-24-10-12-27-13-11-24/h2-7,14-15H,8-13H2,1H3,(H,23,26). The Hall–Kier alpha value is -2.70. The number of benzene rings is 2. The highest BCUT2D eigenvalue weighted by molar-refractivity contribution is 6.13. The fraction of sp³-hybridized carbons (Fsp3) is 0.333. The van der Waals surface area contributed by atoms with Crippen LogP contribution in [0.1, 0.15) is 15.9 Å². The van der Waals surface area contributed by atoms with Gasteiger partial charge in [-0.1, -0.05) is 30.3 Å². The van der Waals surface area contributed by atoms with Gasteiger partial charge in [-0.15, -0.1) is 0 Å². The Morgan fingerprint density at radius 3 is 2.70 bits per heavy atom. The molecule has 2 aromatic carbocycles. The Morgan fingerprint density at radius 1 is 1.11 bits per heavy atom. The number of hydrogen-bond acceptors (Lipinski definition) is 4. The number of rotatable bonds is 5. The predicted octanol–water partition coefficient (Wildman–Crippen LogP) is 2.93. The van der Waals surface area contributed by atoms with Crippen LogP contribution in [0.25, 0.3) is 10.8 Å². The summed E-state index contributed by atoms with van der Waals surface area (Å²) in [5, 5.41) is 9.41. The average molecular weight is 364 g/mol. The van der Waals surface area contributed by atoms with Crippen LogP contribution in [0.3, 0.4) is 0 Å². The van der Waals surface area contributed by atoms with Gasteiger partial charge in [0.25, 0.3) is 5.91 Å². The highest BCUT2D eigenvalue weighted by atomic mass is 16.5. The number of nitrogens with one attached hydrogen (secondary N) is 1. The van der Waals surface area contributed by atoms with Crippen LogP contribution in [0.4, 0.5) is 5.69 Å². The maximum absolute atomic E-state index is 12.8. The van der Waals surface area contributed by atoms with Gasteiger partial charge in [0, 0.05) is 31.4 Å². The van der Waals surface area contributed by atoms with Crippen molar-refractivity contribution in [3.05, 3.63) is 59.9 Å². The van der Waals surface area contributed by atoms with E-state index in [1.807, 2.05) is 47.3 Å². The summed E-state index contributed by atoms with van der Waals surface area (Å²) < 4.78 is 7.24. The lowest BCUT2D eigenvalue weighted by Gasteiger charge is -2.26. The van der Waals surface area contributed by atoms with Gasteiger partial charge >= 0.3 is 0 Å². The number of aryl methyl sites for hydroxylation is 1. The zero-order valence-electron chi connectivity index (χ0n) is 15.5. The Kier molecular flexibility index (Phi) is 5.18. The quantitative estimate of drug-likeness (QED) is 0.756. The summed E-state index contributed by atoms with van der Waals surface area (Å²) in [4.78, 5) is 15.1. The molecule has 1 aromatic heterocycles. The maximum Gasteiger partial charge on any atom is 0.256 e. The van der Waals surface area contributed by atoms with E-state index in [0.717, 1.165) is 55.7 Å². The molecular weight excluding hydrogens is 340 g/mol. The molecule has 1 aliphatic heterocycles. The third-order valence-corrected chi connectivity index (χ3v) is 5.03. The summed E-state index contributed by atoms with van der Waals surface area (Å²) >= 11 is 0. The van der Waals surface area contributed by atoms with Crippen LogP contribution < -0.4 is 5.32 Å². The molecule has 0 spiro atoms. The van der Waals surface area contributed by atoms with Gasteiger partial charge in [0.15, 0.2) is 0 Å². The zero-order valence-corrected chi connectivity index (χ0v) is 15.5. The topological polar surface area (TPSA) is 59.4 Å². The van der Waals surface area contributed by atoms with Crippen molar-refractivity contribution < 1.29 is 9.53 Å². The maximum atomic E-state index is 12.8. The van der Waals surface area contributed by atoms with E-state index in [-0.39, 0.29) is 5.91 Å². The number of fused-ring (bicyclic) bond motifs is 1. The molecule has 0 bridgehead atoms. The number of aromatic nitrogens is 2. The van der Waals surface area contributed by atoms with E-state index in [1.165, 1.54) is 0 Å². The number of carbonyl (C=O) groups excluding carboxylic acids is 1. The monoisotopic (exact) mass is 364 g/mol. The molecular formula is C21H24N4O2. The number of carbonyl (C=O) groups is 1. The Labute approximate surface area is 158 Å². The first kappa shape index (κ1) is 17.7. The van der Waals surface area contributed by atoms with Crippen LogP contribution in [0.2, 0.25) is 0 Å². The average Bonchev–Trinajstić information content (AvgIpc) is 3.15. The van der Waals surface area contributed by atoms with Crippen molar-refractivity contribution in [2.45, 2.75) is 13.5 Å². The number of nitrogens with zero attached hydrogens (tertiary/aromatic N) is 3. The summed E-state index contributed by atoms with van der Waals surface area (Å²) in [5.74, 6) is -0.112. The van der Waals surface area contributed by atoms with Gasteiger partial charge < -0.3 is 10.1 Å². The minimum Gasteiger partial charge on any atom is -0.379 e. The summed E-state index contributed by atoms with van der Waals surface area (Å²) in [6.07, 6.45) is 3.59. The van der Waals surface area contributed by atoms with Crippen molar-refractivity contribution in [1.29, 1.82) is 0 Å². The normalized spacial score (nSPS) is 15.1. The molecule has 0 radical (unpaired) electrons. The molecule has 0 atom stereocenters. The van der Waals surface area contributed by atoms with Crippen LogP contribution in [0.15, 0.2) is 48.8 Å². The van der Waals surface area contributed by atoms with Gasteiger partial charge in [-0.3, -0.25) is 14.4 Å². The fourth-order valence-electron chi connectivity index (χ4n) is 3.47. The second kappa shape index (κ2) is 7.90. The van der Waals surface area contributed by atoms with Crippen molar-refractivity contribution in [1.82, 2.24) is 14.7 Å². The molecule has 1 fully saturated rings. The molecule has 140 valence electrons. The van der Waals surface area contributed by atoms with Crippen LogP contribution in [0, 0.1) is 6.92 Å². The van der Waals surface area contributed by atoms with E-state index in [0.29, 0.717) is 11.3 Å². The largest absolute Gasteiger partial charge is 0.379 e. The molecule has 27 heavy (non-hydrogen) atoms. The third-order valence-electron chi connectivity index (χ3n) is 5.03. The highest BCUT2D eigenvalue weighted by Crippen LogP contribution is 2.23. The molecule has 0 saturated carbocycles. The number of amides is 1. The highest BCUT2D eigenvalue weighted by Gasteiger charge is 2.13. The second-order valence-electron chi connectivity index (χ2n) is 6.88. The van der Waals surface area contributed by atoms with E-state index < -0.39 is 0 Å². The zero-order chi connectivity index (χ0) is 18.6. The SMILES string of the molecule is Cc1ccc(C(=O)Nc2cnn(CCN3CCOCC3)c2)c2ccccc12. The lowest BCUT2D eigenvalue weighted by molar-refractivity contribution is 0.0360. The van der Waals surface area contributed by atoms with Gasteiger partial charge in [0.1, 0.15) is 0 Å². The molecule has 2 heterocycles. The van der Waals surface area contributed by atoms with Crippen LogP contribution in [-0.2, 0) is 11.3 Å². The number of ether oxygens (including phenoxy) is 1. The molecule has 0 aliphatic carbocycles. The molecule has 1 N–H and O–H groups in total. The van der Waals surface area contributed by atoms with E-state index in [9.17, 15) is 4.79 Å². The molecule has 1 amide bonds. The molecule has 6 heteroatoms. The van der Waals surface area contributed by atoms with Gasteiger partial charge in [-0.2, -0.15) is 5.10 Å². The first-order valence-electron chi connectivity index (χ1n) is 9.33. The van der Waals surface area contributed by atoms with Gasteiger partial charge in [-0.25, -0.2) is 0 Å². The minimum absolute atomic E-state index is 0.112. The van der Waals surface area contributed by atoms with Crippen LogP contribution >= 0.6 is 0 Å². The molecule has 3 aromatic rings. The first-order valence-corrected chi connectivity index (χ1v) is 9.33. The van der Waals surface area contributed by atoms with E-state index >= 15 is 0 Å². The molecule has 4 rings (SSSR count). The van der Waals surface area contributed by atoms with Crippen molar-refractivity contribution in [3.8, 4) is 0 Å². The van der Waals surface area contributed by atoms with Crippen molar-refractivity contribution in [2.24, 2.45) is 0 Å². The summed E-state index contributed by atoms with van der Waals surface area (Å²) in [7, 11) is 0. The van der Waals surface area contributed by atoms with Crippen molar-refractivity contribution in [2.75, 3.05) is 38.2 Å². The minimum atomic E-state index is -0.112. The second-order valence-corrected chi connectivity index (χ2v) is 6.88. The van der Waals surface area contributed by atoms with Crippen LogP contribution in [0.5, 0.6) is 0 Å². The molecule has 0 unspecified atom stereocenters. The summed E-state index contributed by atoms with van der Waals surface area (Å²) in [5.41, 5.74) is 2.56. The molecule has 6 nitrogen and oxygen atoms in total. The molecule has 1 saturated heterocycles. The Bertz CT molecular complexity index is 944. The number of hydrogen-bond donors (Lipinski definition) is 1. The van der Waals surface area contributed by atoms with E-state index in [4.69, 9.17) is 4.74 Å². The van der Waals surface area contributed by atoms with Crippen LogP contribution in [-0.4, -0.2) is 53.4 Å². The molecule has 1 aliphatic rings. The first-order chi connectivity index (χ1) is 13.2. The third kappa shape index (κ3) is 4.02. The number of anilines is 1. The lowest BCUT2D eigenvalue weighted by Crippen LogP contribution is -2.38. The Balaban J connectivity index is 1.43. The van der Waals surface area contributed by atoms with Crippen molar-refractivity contribution >= 4 is 22.4 Å². The van der Waals surface area contributed by atoms with E-state index in [1.54, 1.807) is 6.20 Å². The lowest BCUT2D eigenvalue weighted by atomic mass is 10.00. The van der Waals surface area contributed by atoms with Crippen molar-refractivity contribution in [3.63, 3.8) is 0 Å². The van der Waals surface area contributed by atoms with E-state index in [2.05, 4.69) is 22.2 Å².